The molecule has 1 unspecified atom stereocenters. The van der Waals surface area contributed by atoms with Gasteiger partial charge in [0, 0.05) is 17.6 Å². The van der Waals surface area contributed by atoms with Gasteiger partial charge in [-0.1, -0.05) is 41.9 Å². The maximum absolute atomic E-state index is 6.02. The maximum Gasteiger partial charge on any atom is 0.0969 e. The summed E-state index contributed by atoms with van der Waals surface area (Å²) in [4.78, 5) is 1.64. The normalized spacial score (nSPS) is 12.3. The highest BCUT2D eigenvalue weighted by Crippen LogP contribution is 2.17. The Balaban J connectivity index is 1.64. The predicted molar refractivity (Wildman–Crippen MR) is 88.1 cm³/mol. The summed E-state index contributed by atoms with van der Waals surface area (Å²) >= 11 is 6.02. The highest BCUT2D eigenvalue weighted by Gasteiger charge is 2.07. The summed E-state index contributed by atoms with van der Waals surface area (Å²) in [5, 5.41) is 13.0. The van der Waals surface area contributed by atoms with Gasteiger partial charge in [-0.2, -0.15) is 15.0 Å². The summed E-state index contributed by atoms with van der Waals surface area (Å²) in [7, 11) is 0. The van der Waals surface area contributed by atoms with E-state index in [1.165, 1.54) is 0 Å². The molecule has 5 heteroatoms. The molecule has 1 aromatic heterocycles. The molecule has 112 valence electrons. The van der Waals surface area contributed by atoms with Gasteiger partial charge in [-0.3, -0.25) is 0 Å². The van der Waals surface area contributed by atoms with Crippen LogP contribution in [0.3, 0.4) is 0 Å². The molecule has 0 aliphatic rings. The molecule has 2 aromatic carbocycles. The monoisotopic (exact) mass is 312 g/mol. The number of halogens is 1. The van der Waals surface area contributed by atoms with Crippen LogP contribution in [-0.4, -0.2) is 15.0 Å². The van der Waals surface area contributed by atoms with Crippen molar-refractivity contribution in [1.82, 2.24) is 20.3 Å². The number of rotatable bonds is 5. The first kappa shape index (κ1) is 14.8. The fourth-order valence-electron chi connectivity index (χ4n) is 2.21. The summed E-state index contributed by atoms with van der Waals surface area (Å²) in [6.07, 6.45) is 1.78. The molecule has 0 radical (unpaired) electrons. The van der Waals surface area contributed by atoms with E-state index in [-0.39, 0.29) is 6.04 Å². The zero-order valence-electron chi connectivity index (χ0n) is 12.3. The van der Waals surface area contributed by atoms with Gasteiger partial charge in [0.1, 0.15) is 0 Å². The third-order valence-electron chi connectivity index (χ3n) is 3.46. The minimum Gasteiger partial charge on any atom is -0.304 e. The van der Waals surface area contributed by atoms with Crippen LogP contribution in [0.5, 0.6) is 0 Å². The van der Waals surface area contributed by atoms with E-state index < -0.39 is 0 Å². The smallest absolute Gasteiger partial charge is 0.0969 e. The first-order chi connectivity index (χ1) is 10.7. The van der Waals surface area contributed by atoms with Gasteiger partial charge in [0.25, 0.3) is 0 Å². The number of para-hydroxylation sites is 1. The average molecular weight is 313 g/mol. The molecule has 0 bridgehead atoms. The average Bonchev–Trinajstić information content (AvgIpc) is 3.02. The van der Waals surface area contributed by atoms with Crippen molar-refractivity contribution in [1.29, 1.82) is 0 Å². The third-order valence-corrected chi connectivity index (χ3v) is 3.70. The van der Waals surface area contributed by atoms with E-state index in [0.717, 1.165) is 22.0 Å². The molecule has 0 aliphatic heterocycles. The Bertz CT molecular complexity index is 739. The Morgan fingerprint density at radius 2 is 1.95 bits per heavy atom. The van der Waals surface area contributed by atoms with Crippen molar-refractivity contribution in [3.63, 3.8) is 0 Å². The Morgan fingerprint density at radius 1 is 1.14 bits per heavy atom. The van der Waals surface area contributed by atoms with Crippen LogP contribution >= 0.6 is 11.6 Å². The third kappa shape index (κ3) is 3.53. The summed E-state index contributed by atoms with van der Waals surface area (Å²) in [5.41, 5.74) is 3.01. The van der Waals surface area contributed by atoms with E-state index in [1.807, 2.05) is 48.5 Å². The molecule has 1 N–H and O–H groups in total. The zero-order chi connectivity index (χ0) is 15.4. The summed E-state index contributed by atoms with van der Waals surface area (Å²) in [6, 6.07) is 17.9. The van der Waals surface area contributed by atoms with Gasteiger partial charge < -0.3 is 5.32 Å². The molecule has 0 amide bonds. The lowest BCUT2D eigenvalue weighted by molar-refractivity contribution is 0.564. The number of hydrogen-bond donors (Lipinski definition) is 1. The van der Waals surface area contributed by atoms with E-state index in [2.05, 4.69) is 28.5 Å². The lowest BCUT2D eigenvalue weighted by atomic mass is 10.1. The van der Waals surface area contributed by atoms with Crippen LogP contribution in [-0.2, 0) is 6.54 Å². The molecule has 3 aromatic rings. The van der Waals surface area contributed by atoms with Crippen LogP contribution in [0.25, 0.3) is 5.69 Å². The second-order valence-corrected chi connectivity index (χ2v) is 5.55. The summed E-state index contributed by atoms with van der Waals surface area (Å²) < 4.78 is 0. The second-order valence-electron chi connectivity index (χ2n) is 5.12. The second kappa shape index (κ2) is 6.73. The predicted octanol–water partition coefficient (Wildman–Crippen LogP) is 3.77. The number of hydrogen-bond acceptors (Lipinski definition) is 3. The van der Waals surface area contributed by atoms with Gasteiger partial charge in [0.15, 0.2) is 0 Å². The van der Waals surface area contributed by atoms with Crippen molar-refractivity contribution in [2.45, 2.75) is 19.5 Å². The molecular weight excluding hydrogens is 296 g/mol. The topological polar surface area (TPSA) is 42.7 Å². The van der Waals surface area contributed by atoms with Gasteiger partial charge in [-0.25, -0.2) is 0 Å². The van der Waals surface area contributed by atoms with E-state index in [4.69, 9.17) is 11.6 Å². The Morgan fingerprint density at radius 3 is 2.73 bits per heavy atom. The van der Waals surface area contributed by atoms with Crippen molar-refractivity contribution in [3.8, 4) is 5.69 Å². The van der Waals surface area contributed by atoms with E-state index in [0.29, 0.717) is 6.54 Å². The molecule has 1 atom stereocenters. The quantitative estimate of drug-likeness (QED) is 0.780. The molecule has 0 spiro atoms. The number of aromatic nitrogens is 3. The van der Waals surface area contributed by atoms with Gasteiger partial charge >= 0.3 is 0 Å². The first-order valence-corrected chi connectivity index (χ1v) is 7.55. The molecule has 4 nitrogen and oxygen atoms in total. The number of nitrogens with zero attached hydrogens (tertiary/aromatic N) is 3. The maximum atomic E-state index is 6.02. The van der Waals surface area contributed by atoms with Crippen LogP contribution in [0, 0.1) is 0 Å². The van der Waals surface area contributed by atoms with Crippen LogP contribution in [0.15, 0.2) is 60.8 Å². The van der Waals surface area contributed by atoms with Crippen molar-refractivity contribution >= 4 is 11.6 Å². The molecule has 0 fully saturated rings. The van der Waals surface area contributed by atoms with E-state index in [9.17, 15) is 0 Å². The van der Waals surface area contributed by atoms with Crippen LogP contribution in [0.4, 0.5) is 0 Å². The largest absolute Gasteiger partial charge is 0.304 e. The van der Waals surface area contributed by atoms with Crippen molar-refractivity contribution in [2.24, 2.45) is 0 Å². The molecule has 22 heavy (non-hydrogen) atoms. The fourth-order valence-corrected chi connectivity index (χ4v) is 2.41. The Labute approximate surface area is 134 Å². The van der Waals surface area contributed by atoms with Gasteiger partial charge in [0.2, 0.25) is 0 Å². The minimum absolute atomic E-state index is 0.195. The van der Waals surface area contributed by atoms with Crippen LogP contribution < -0.4 is 5.32 Å². The first-order valence-electron chi connectivity index (χ1n) is 7.18. The molecular formula is C17H17ClN4. The standard InChI is InChI=1S/C17H17ClN4/c1-13(14-6-5-7-15(18)10-14)19-11-16-12-20-22(21-16)17-8-3-2-4-9-17/h2-10,12-13,19H,11H2,1H3. The molecule has 3 rings (SSSR count). The highest BCUT2D eigenvalue weighted by molar-refractivity contribution is 6.30. The number of nitrogens with one attached hydrogen (secondary N) is 1. The Kier molecular flexibility index (Phi) is 4.51. The van der Waals surface area contributed by atoms with Crippen LogP contribution in [0.1, 0.15) is 24.2 Å². The zero-order valence-corrected chi connectivity index (χ0v) is 13.0. The van der Waals surface area contributed by atoms with Gasteiger partial charge in [-0.15, -0.1) is 0 Å². The van der Waals surface area contributed by atoms with Gasteiger partial charge in [-0.05, 0) is 36.8 Å². The molecule has 0 saturated heterocycles. The Hall–Kier alpha value is -2.17. The molecule has 0 aliphatic carbocycles. The van der Waals surface area contributed by atoms with Gasteiger partial charge in [0.05, 0.1) is 17.6 Å². The summed E-state index contributed by atoms with van der Waals surface area (Å²) in [6.45, 7) is 2.76. The number of benzene rings is 2. The minimum atomic E-state index is 0.195. The van der Waals surface area contributed by atoms with Crippen molar-refractivity contribution in [3.05, 3.63) is 77.1 Å². The van der Waals surface area contributed by atoms with Crippen LogP contribution in [0.2, 0.25) is 5.02 Å². The van der Waals surface area contributed by atoms with E-state index in [1.54, 1.807) is 11.0 Å². The molecule has 0 saturated carbocycles. The highest BCUT2D eigenvalue weighted by atomic mass is 35.5. The van der Waals surface area contributed by atoms with Crippen molar-refractivity contribution < 1.29 is 0 Å². The van der Waals surface area contributed by atoms with E-state index >= 15 is 0 Å². The SMILES string of the molecule is CC(NCc1cnn(-c2ccccc2)n1)c1cccc(Cl)c1. The fraction of sp³-hybridized carbons (Fsp3) is 0.176. The molecule has 1 heterocycles. The lowest BCUT2D eigenvalue weighted by Crippen LogP contribution is -2.18. The lowest BCUT2D eigenvalue weighted by Gasteiger charge is -2.13. The van der Waals surface area contributed by atoms with Crippen molar-refractivity contribution in [2.75, 3.05) is 0 Å². The summed E-state index contributed by atoms with van der Waals surface area (Å²) in [5.74, 6) is 0.